The Hall–Kier alpha value is -1.94. The summed E-state index contributed by atoms with van der Waals surface area (Å²) in [4.78, 5) is 15.9. The van der Waals surface area contributed by atoms with Crippen molar-refractivity contribution in [1.29, 1.82) is 5.26 Å². The monoisotopic (exact) mass is 277 g/mol. The van der Waals surface area contributed by atoms with Crippen molar-refractivity contribution in [2.75, 3.05) is 13.1 Å². The summed E-state index contributed by atoms with van der Waals surface area (Å²) >= 11 is 0. The van der Waals surface area contributed by atoms with Crippen molar-refractivity contribution < 1.29 is 9.32 Å². The van der Waals surface area contributed by atoms with Gasteiger partial charge in [0.2, 0.25) is 11.8 Å². The van der Waals surface area contributed by atoms with Crippen LogP contribution in [-0.4, -0.2) is 35.2 Å². The molecule has 0 aromatic carbocycles. The van der Waals surface area contributed by atoms with Crippen LogP contribution in [0.5, 0.6) is 0 Å². The van der Waals surface area contributed by atoms with E-state index in [0.717, 1.165) is 13.1 Å². The maximum Gasteiger partial charge on any atom is 0.247 e. The number of piperidine rings is 1. The van der Waals surface area contributed by atoms with Crippen LogP contribution in [0.2, 0.25) is 0 Å². The van der Waals surface area contributed by atoms with Crippen molar-refractivity contribution in [1.82, 2.24) is 20.8 Å². The summed E-state index contributed by atoms with van der Waals surface area (Å²) in [6.45, 7) is 5.27. The van der Waals surface area contributed by atoms with Crippen LogP contribution in [0.3, 0.4) is 0 Å². The number of hydrogen-bond acceptors (Lipinski definition) is 6. The summed E-state index contributed by atoms with van der Waals surface area (Å²) < 4.78 is 5.21. The van der Waals surface area contributed by atoms with Crippen molar-refractivity contribution in [3.8, 4) is 6.07 Å². The van der Waals surface area contributed by atoms with E-state index in [1.54, 1.807) is 0 Å². The highest BCUT2D eigenvalue weighted by Crippen LogP contribution is 2.31. The second-order valence-corrected chi connectivity index (χ2v) is 5.36. The summed E-state index contributed by atoms with van der Waals surface area (Å²) in [7, 11) is 0. The third kappa shape index (κ3) is 3.14. The minimum atomic E-state index is -0.717. The van der Waals surface area contributed by atoms with E-state index in [9.17, 15) is 10.1 Å². The second-order valence-electron chi connectivity index (χ2n) is 5.36. The third-order valence-electron chi connectivity index (χ3n) is 3.32. The molecule has 0 unspecified atom stereocenters. The van der Waals surface area contributed by atoms with Gasteiger partial charge in [-0.05, 0) is 39.8 Å². The number of carbonyl (C=O) groups is 1. The molecule has 0 saturated carbocycles. The number of rotatable bonds is 4. The molecule has 0 spiro atoms. The lowest BCUT2D eigenvalue weighted by Gasteiger charge is -2.27. The summed E-state index contributed by atoms with van der Waals surface area (Å²) in [5.74, 6) is 0.504. The van der Waals surface area contributed by atoms with Crippen LogP contribution in [0.1, 0.15) is 38.4 Å². The van der Waals surface area contributed by atoms with Crippen LogP contribution >= 0.6 is 0 Å². The van der Waals surface area contributed by atoms with Crippen LogP contribution in [0.25, 0.3) is 0 Å². The van der Waals surface area contributed by atoms with E-state index in [0.29, 0.717) is 24.6 Å². The van der Waals surface area contributed by atoms with E-state index in [-0.39, 0.29) is 18.4 Å². The molecule has 0 atom stereocenters. The molecule has 0 aliphatic carbocycles. The second kappa shape index (κ2) is 6.01. The fourth-order valence-corrected chi connectivity index (χ4v) is 2.26. The number of carbonyl (C=O) groups excluding carboxylic acids is 1. The lowest BCUT2D eigenvalue weighted by molar-refractivity contribution is -0.121. The molecule has 1 saturated heterocycles. The quantitative estimate of drug-likeness (QED) is 0.819. The number of amides is 1. The van der Waals surface area contributed by atoms with E-state index < -0.39 is 5.41 Å². The highest BCUT2D eigenvalue weighted by Gasteiger charge is 2.39. The predicted octanol–water partition coefficient (Wildman–Crippen LogP) is 0.281. The Labute approximate surface area is 117 Å². The fourth-order valence-electron chi connectivity index (χ4n) is 2.26. The average Bonchev–Trinajstić information content (AvgIpc) is 2.87. The van der Waals surface area contributed by atoms with Gasteiger partial charge in [0, 0.05) is 6.04 Å². The topological polar surface area (TPSA) is 104 Å². The molecule has 2 rings (SSSR count). The fraction of sp³-hybridized carbons (Fsp3) is 0.692. The summed E-state index contributed by atoms with van der Waals surface area (Å²) in [6, 6.07) is 2.37. The lowest BCUT2D eigenvalue weighted by atomic mass is 9.80. The van der Waals surface area contributed by atoms with E-state index in [2.05, 4.69) is 26.8 Å². The van der Waals surface area contributed by atoms with Gasteiger partial charge in [-0.3, -0.25) is 4.79 Å². The van der Waals surface area contributed by atoms with Gasteiger partial charge in [-0.15, -0.1) is 0 Å². The van der Waals surface area contributed by atoms with Crippen LogP contribution in [0, 0.1) is 11.3 Å². The Morgan fingerprint density at radius 1 is 1.55 bits per heavy atom. The van der Waals surface area contributed by atoms with Gasteiger partial charge in [-0.1, -0.05) is 5.16 Å². The maximum absolute atomic E-state index is 11.6. The van der Waals surface area contributed by atoms with E-state index in [4.69, 9.17) is 4.52 Å². The molecule has 108 valence electrons. The van der Waals surface area contributed by atoms with Crippen LogP contribution in [-0.2, 0) is 16.6 Å². The van der Waals surface area contributed by atoms with Crippen molar-refractivity contribution in [2.24, 2.45) is 0 Å². The molecule has 1 aromatic rings. The van der Waals surface area contributed by atoms with Gasteiger partial charge >= 0.3 is 0 Å². The highest BCUT2D eigenvalue weighted by molar-refractivity contribution is 5.77. The Balaban J connectivity index is 2.08. The van der Waals surface area contributed by atoms with E-state index in [1.807, 2.05) is 13.8 Å². The first kappa shape index (κ1) is 14.5. The Kier molecular flexibility index (Phi) is 4.35. The maximum atomic E-state index is 11.6. The van der Waals surface area contributed by atoms with Gasteiger partial charge in [-0.2, -0.15) is 10.2 Å². The Morgan fingerprint density at radius 3 is 2.85 bits per heavy atom. The molecule has 20 heavy (non-hydrogen) atoms. The number of nitriles is 1. The Bertz CT molecular complexity index is 511. The number of hydrogen-bond donors (Lipinski definition) is 2. The van der Waals surface area contributed by atoms with Crippen LogP contribution < -0.4 is 10.6 Å². The van der Waals surface area contributed by atoms with E-state index in [1.165, 1.54) is 0 Å². The molecule has 7 heteroatoms. The molecular formula is C13H19N5O2. The SMILES string of the molecule is CC(C)NC(=O)Cc1noc(C2(C#N)CCNCC2)n1. The molecule has 1 aliphatic rings. The lowest BCUT2D eigenvalue weighted by Crippen LogP contribution is -2.39. The summed E-state index contributed by atoms with van der Waals surface area (Å²) in [6.07, 6.45) is 1.36. The molecule has 2 heterocycles. The van der Waals surface area contributed by atoms with Gasteiger partial charge in [0.25, 0.3) is 0 Å². The number of nitrogens with one attached hydrogen (secondary N) is 2. The zero-order valence-electron chi connectivity index (χ0n) is 11.8. The number of aromatic nitrogens is 2. The molecular weight excluding hydrogens is 258 g/mol. The first-order valence-corrected chi connectivity index (χ1v) is 6.80. The van der Waals surface area contributed by atoms with Gasteiger partial charge in [0.1, 0.15) is 5.41 Å². The average molecular weight is 277 g/mol. The largest absolute Gasteiger partial charge is 0.354 e. The smallest absolute Gasteiger partial charge is 0.247 e. The zero-order chi connectivity index (χ0) is 14.6. The van der Waals surface area contributed by atoms with Crippen LogP contribution in [0.4, 0.5) is 0 Å². The number of nitrogens with zero attached hydrogens (tertiary/aromatic N) is 3. The predicted molar refractivity (Wildman–Crippen MR) is 70.7 cm³/mol. The molecule has 1 aliphatic heterocycles. The summed E-state index contributed by atoms with van der Waals surface area (Å²) in [5, 5.41) is 19.2. The minimum absolute atomic E-state index is 0.0709. The molecule has 2 N–H and O–H groups in total. The molecule has 1 aromatic heterocycles. The van der Waals surface area contributed by atoms with Crippen molar-refractivity contribution in [3.63, 3.8) is 0 Å². The first-order chi connectivity index (χ1) is 9.55. The van der Waals surface area contributed by atoms with Gasteiger partial charge in [0.15, 0.2) is 5.82 Å². The zero-order valence-corrected chi connectivity index (χ0v) is 11.8. The Morgan fingerprint density at radius 2 is 2.25 bits per heavy atom. The highest BCUT2D eigenvalue weighted by atomic mass is 16.5. The first-order valence-electron chi connectivity index (χ1n) is 6.80. The third-order valence-corrected chi connectivity index (χ3v) is 3.32. The van der Waals surface area contributed by atoms with E-state index >= 15 is 0 Å². The van der Waals surface area contributed by atoms with Crippen molar-refractivity contribution >= 4 is 5.91 Å². The minimum Gasteiger partial charge on any atom is -0.354 e. The van der Waals surface area contributed by atoms with Gasteiger partial charge in [-0.25, -0.2) is 0 Å². The van der Waals surface area contributed by atoms with Gasteiger partial charge < -0.3 is 15.2 Å². The van der Waals surface area contributed by atoms with Crippen molar-refractivity contribution in [2.45, 2.75) is 44.6 Å². The standard InChI is InChI=1S/C13H19N5O2/c1-9(2)16-11(19)7-10-17-12(20-18-10)13(8-14)3-5-15-6-4-13/h9,15H,3-7H2,1-2H3,(H,16,19). The molecule has 1 fully saturated rings. The molecule has 0 radical (unpaired) electrons. The van der Waals surface area contributed by atoms with Gasteiger partial charge in [0.05, 0.1) is 12.5 Å². The molecule has 0 bridgehead atoms. The summed E-state index contributed by atoms with van der Waals surface area (Å²) in [5.41, 5.74) is -0.717. The van der Waals surface area contributed by atoms with Crippen LogP contribution in [0.15, 0.2) is 4.52 Å². The molecule has 1 amide bonds. The normalized spacial score (nSPS) is 17.7. The van der Waals surface area contributed by atoms with Crippen molar-refractivity contribution in [3.05, 3.63) is 11.7 Å². The molecule has 7 nitrogen and oxygen atoms in total.